The quantitative estimate of drug-likeness (QED) is 0.688. The van der Waals surface area contributed by atoms with Crippen LogP contribution in [-0.2, 0) is 16.9 Å². The molecule has 0 bridgehead atoms. The summed E-state index contributed by atoms with van der Waals surface area (Å²) in [6, 6.07) is 12.9. The van der Waals surface area contributed by atoms with E-state index >= 15 is 0 Å². The summed E-state index contributed by atoms with van der Waals surface area (Å²) in [4.78, 5) is 4.01. The van der Waals surface area contributed by atoms with Crippen molar-refractivity contribution in [1.29, 1.82) is 0 Å². The highest BCUT2D eigenvalue weighted by Crippen LogP contribution is 2.58. The molecule has 0 spiro atoms. The van der Waals surface area contributed by atoms with E-state index in [4.69, 9.17) is 4.74 Å². The fourth-order valence-electron chi connectivity index (χ4n) is 3.33. The number of halogens is 1. The number of rotatable bonds is 4. The summed E-state index contributed by atoms with van der Waals surface area (Å²) in [6.07, 6.45) is 3.10. The average Bonchev–Trinajstić information content (AvgIpc) is 3.02. The van der Waals surface area contributed by atoms with Gasteiger partial charge in [-0.3, -0.25) is 0 Å². The van der Waals surface area contributed by atoms with Gasteiger partial charge in [0.25, 0.3) is 0 Å². The Labute approximate surface area is 139 Å². The van der Waals surface area contributed by atoms with Gasteiger partial charge in [-0.15, -0.1) is 0 Å². The Balaban J connectivity index is 1.74. The predicted molar refractivity (Wildman–Crippen MR) is 87.8 cm³/mol. The van der Waals surface area contributed by atoms with Crippen LogP contribution in [0, 0.1) is 19.7 Å². The molecular formula is C19H18FN3O. The topological polar surface area (TPSA) is 43.2 Å². The number of aryl methyl sites for hydroxylation is 2. The molecule has 2 atom stereocenters. The summed E-state index contributed by atoms with van der Waals surface area (Å²) < 4.78 is 21.3. The largest absolute Gasteiger partial charge is 0.354 e. The van der Waals surface area contributed by atoms with E-state index in [1.807, 2.05) is 0 Å². The van der Waals surface area contributed by atoms with Gasteiger partial charge in [-0.1, -0.05) is 35.9 Å². The van der Waals surface area contributed by atoms with Crippen molar-refractivity contribution >= 4 is 0 Å². The van der Waals surface area contributed by atoms with Gasteiger partial charge in [-0.25, -0.2) is 14.1 Å². The Hall–Kier alpha value is -2.53. The molecule has 1 aliphatic heterocycles. The SMILES string of the molecule is Cc1ccc([C@@H]2O[C@@]2(Cn2cncn2)c2ccc(F)cc2)c(C)c1. The first kappa shape index (κ1) is 15.0. The lowest BCUT2D eigenvalue weighted by atomic mass is 9.89. The number of benzene rings is 2. The van der Waals surface area contributed by atoms with E-state index < -0.39 is 5.60 Å². The third-order valence-electron chi connectivity index (χ3n) is 4.60. The average molecular weight is 323 g/mol. The molecule has 1 saturated heterocycles. The molecule has 1 aliphatic rings. The van der Waals surface area contributed by atoms with E-state index in [0.717, 1.165) is 11.1 Å². The molecule has 0 radical (unpaired) electrons. The van der Waals surface area contributed by atoms with E-state index in [2.05, 4.69) is 42.1 Å². The van der Waals surface area contributed by atoms with E-state index in [1.54, 1.807) is 23.1 Å². The van der Waals surface area contributed by atoms with Gasteiger partial charge in [0.1, 0.15) is 30.2 Å². The third kappa shape index (κ3) is 2.51. The van der Waals surface area contributed by atoms with Crippen molar-refractivity contribution in [2.45, 2.75) is 32.1 Å². The van der Waals surface area contributed by atoms with Crippen LogP contribution in [0.25, 0.3) is 0 Å². The lowest BCUT2D eigenvalue weighted by molar-refractivity contribution is 0.262. The van der Waals surface area contributed by atoms with Gasteiger partial charge in [-0.05, 0) is 42.7 Å². The second-order valence-electron chi connectivity index (χ2n) is 6.35. The van der Waals surface area contributed by atoms with Crippen molar-refractivity contribution in [3.63, 3.8) is 0 Å². The van der Waals surface area contributed by atoms with Crippen LogP contribution in [0.2, 0.25) is 0 Å². The second kappa shape index (κ2) is 5.53. The Morgan fingerprint density at radius 1 is 1.17 bits per heavy atom. The molecule has 2 heterocycles. The van der Waals surface area contributed by atoms with Crippen LogP contribution in [0.4, 0.5) is 4.39 Å². The maximum Gasteiger partial charge on any atom is 0.144 e. The van der Waals surface area contributed by atoms with Crippen LogP contribution in [-0.4, -0.2) is 14.8 Å². The normalized spacial score (nSPS) is 22.5. The molecule has 5 heteroatoms. The van der Waals surface area contributed by atoms with Crippen LogP contribution in [0.3, 0.4) is 0 Å². The standard InChI is InChI=1S/C19H18FN3O/c1-13-3-8-17(14(2)9-13)18-19(24-18,10-23-12-21-11-22-23)15-4-6-16(20)7-5-15/h3-9,11-12,18H,10H2,1-2H3/t18-,19-/m0/s1. The monoisotopic (exact) mass is 323 g/mol. The number of aromatic nitrogens is 3. The van der Waals surface area contributed by atoms with E-state index in [0.29, 0.717) is 6.54 Å². The molecule has 122 valence electrons. The molecule has 1 fully saturated rings. The summed E-state index contributed by atoms with van der Waals surface area (Å²) in [7, 11) is 0. The summed E-state index contributed by atoms with van der Waals surface area (Å²) in [6.45, 7) is 4.71. The zero-order valence-electron chi connectivity index (χ0n) is 13.6. The summed E-state index contributed by atoms with van der Waals surface area (Å²) in [5.41, 5.74) is 3.99. The van der Waals surface area contributed by atoms with Crippen molar-refractivity contribution in [3.8, 4) is 0 Å². The number of epoxide rings is 1. The maximum atomic E-state index is 13.3. The minimum absolute atomic E-state index is 0.0761. The third-order valence-corrected chi connectivity index (χ3v) is 4.60. The van der Waals surface area contributed by atoms with Gasteiger partial charge in [0.15, 0.2) is 0 Å². The Bertz CT molecular complexity index is 861. The fourth-order valence-corrected chi connectivity index (χ4v) is 3.33. The van der Waals surface area contributed by atoms with Crippen LogP contribution in [0.15, 0.2) is 55.1 Å². The molecule has 0 saturated carbocycles. The van der Waals surface area contributed by atoms with Crippen molar-refractivity contribution in [2.75, 3.05) is 0 Å². The molecular weight excluding hydrogens is 305 g/mol. The summed E-state index contributed by atoms with van der Waals surface area (Å²) >= 11 is 0. The molecule has 1 aromatic heterocycles. The number of ether oxygens (including phenoxy) is 1. The highest BCUT2D eigenvalue weighted by atomic mass is 19.1. The lowest BCUT2D eigenvalue weighted by Gasteiger charge is -2.15. The first-order valence-corrected chi connectivity index (χ1v) is 7.92. The molecule has 4 rings (SSSR count). The van der Waals surface area contributed by atoms with Crippen LogP contribution in [0.5, 0.6) is 0 Å². The Kier molecular flexibility index (Phi) is 3.46. The van der Waals surface area contributed by atoms with E-state index in [-0.39, 0.29) is 11.9 Å². The predicted octanol–water partition coefficient (Wildman–Crippen LogP) is 3.70. The fraction of sp³-hybridized carbons (Fsp3) is 0.263. The van der Waals surface area contributed by atoms with E-state index in [9.17, 15) is 4.39 Å². The minimum Gasteiger partial charge on any atom is -0.354 e. The molecule has 0 aliphatic carbocycles. The maximum absolute atomic E-state index is 13.3. The van der Waals surface area contributed by atoms with Crippen LogP contribution < -0.4 is 0 Å². The highest BCUT2D eigenvalue weighted by Gasteiger charge is 2.59. The number of nitrogens with zero attached hydrogens (tertiary/aromatic N) is 3. The number of hydrogen-bond acceptors (Lipinski definition) is 3. The lowest BCUT2D eigenvalue weighted by Crippen LogP contribution is -2.19. The van der Waals surface area contributed by atoms with Crippen molar-refractivity contribution in [1.82, 2.24) is 14.8 Å². The smallest absolute Gasteiger partial charge is 0.144 e. The molecule has 4 nitrogen and oxygen atoms in total. The van der Waals surface area contributed by atoms with Crippen LogP contribution in [0.1, 0.15) is 28.4 Å². The summed E-state index contributed by atoms with van der Waals surface area (Å²) in [5, 5.41) is 4.20. The molecule has 24 heavy (non-hydrogen) atoms. The Morgan fingerprint density at radius 3 is 2.62 bits per heavy atom. The van der Waals surface area contributed by atoms with Crippen molar-refractivity contribution in [3.05, 3.63) is 83.2 Å². The van der Waals surface area contributed by atoms with E-state index in [1.165, 1.54) is 29.6 Å². The Morgan fingerprint density at radius 2 is 1.96 bits per heavy atom. The minimum atomic E-state index is -0.540. The molecule has 0 unspecified atom stereocenters. The highest BCUT2D eigenvalue weighted by molar-refractivity contribution is 5.40. The molecule has 2 aromatic carbocycles. The zero-order valence-corrected chi connectivity index (χ0v) is 13.6. The molecule has 0 N–H and O–H groups in total. The summed E-state index contributed by atoms with van der Waals surface area (Å²) in [5.74, 6) is -0.252. The molecule has 3 aromatic rings. The van der Waals surface area contributed by atoms with Crippen LogP contribution >= 0.6 is 0 Å². The van der Waals surface area contributed by atoms with Gasteiger partial charge in [-0.2, -0.15) is 5.10 Å². The van der Waals surface area contributed by atoms with Gasteiger partial charge in [0, 0.05) is 0 Å². The zero-order chi connectivity index (χ0) is 16.7. The van der Waals surface area contributed by atoms with Gasteiger partial charge < -0.3 is 4.74 Å². The van der Waals surface area contributed by atoms with Gasteiger partial charge in [0.05, 0.1) is 6.54 Å². The first-order chi connectivity index (χ1) is 11.6. The molecule has 0 amide bonds. The van der Waals surface area contributed by atoms with Gasteiger partial charge >= 0.3 is 0 Å². The van der Waals surface area contributed by atoms with Crippen molar-refractivity contribution < 1.29 is 9.13 Å². The first-order valence-electron chi connectivity index (χ1n) is 7.92. The van der Waals surface area contributed by atoms with Gasteiger partial charge in [0.2, 0.25) is 0 Å². The number of hydrogen-bond donors (Lipinski definition) is 0. The van der Waals surface area contributed by atoms with Crippen molar-refractivity contribution in [2.24, 2.45) is 0 Å². The second-order valence-corrected chi connectivity index (χ2v) is 6.35.